The molecule has 0 saturated heterocycles. The van der Waals surface area contributed by atoms with Gasteiger partial charge in [0.25, 0.3) is 0 Å². The summed E-state index contributed by atoms with van der Waals surface area (Å²) < 4.78 is 6.61. The lowest BCUT2D eigenvalue weighted by atomic mass is 10.2. The lowest BCUT2D eigenvalue weighted by molar-refractivity contribution is 0.462. The average molecular weight is 300 g/mol. The molecule has 0 radical (unpaired) electrons. The van der Waals surface area contributed by atoms with Crippen LogP contribution in [0, 0.1) is 0 Å². The van der Waals surface area contributed by atoms with Crippen LogP contribution in [0.5, 0.6) is 11.6 Å². The predicted octanol–water partition coefficient (Wildman–Crippen LogP) is 4.79. The molecule has 0 bridgehead atoms. The van der Waals surface area contributed by atoms with Crippen LogP contribution in [0.4, 0.5) is 0 Å². The summed E-state index contributed by atoms with van der Waals surface area (Å²) in [4.78, 5) is 4.50. The van der Waals surface area contributed by atoms with Crippen molar-refractivity contribution in [1.29, 1.82) is 0 Å². The molecule has 88 valence electrons. The van der Waals surface area contributed by atoms with Crippen LogP contribution in [0.15, 0.2) is 65.1 Å². The summed E-state index contributed by atoms with van der Waals surface area (Å²) in [6, 6.07) is 19.6. The molecule has 3 aromatic rings. The second kappa shape index (κ2) is 4.78. The van der Waals surface area contributed by atoms with Gasteiger partial charge in [-0.15, -0.1) is 0 Å². The maximum Gasteiger partial charge on any atom is 0.234 e. The summed E-state index contributed by atoms with van der Waals surface area (Å²) in [6.07, 6.45) is 0. The standard InChI is InChI=1S/C15H10BrNO/c16-13-10-11-6-4-5-9-14(11)17-15(13)18-12-7-2-1-3-8-12/h1-10H. The molecule has 3 heteroatoms. The first-order chi connectivity index (χ1) is 8.83. The Morgan fingerprint density at radius 2 is 1.61 bits per heavy atom. The number of fused-ring (bicyclic) bond motifs is 1. The Morgan fingerprint density at radius 1 is 0.889 bits per heavy atom. The Balaban J connectivity index is 2.04. The Labute approximate surface area is 113 Å². The molecule has 2 nitrogen and oxygen atoms in total. The topological polar surface area (TPSA) is 22.1 Å². The summed E-state index contributed by atoms with van der Waals surface area (Å²) in [5.41, 5.74) is 0.923. The van der Waals surface area contributed by atoms with E-state index in [1.165, 1.54) is 0 Å². The van der Waals surface area contributed by atoms with Gasteiger partial charge in [0, 0.05) is 5.39 Å². The van der Waals surface area contributed by atoms with E-state index in [1.807, 2.05) is 60.7 Å². The van der Waals surface area contributed by atoms with Crippen LogP contribution in [0.25, 0.3) is 10.9 Å². The number of benzene rings is 2. The molecule has 0 atom stereocenters. The van der Waals surface area contributed by atoms with E-state index in [2.05, 4.69) is 20.9 Å². The van der Waals surface area contributed by atoms with Crippen LogP contribution in [0.1, 0.15) is 0 Å². The molecule has 3 rings (SSSR count). The van der Waals surface area contributed by atoms with Crippen LogP contribution < -0.4 is 4.74 Å². The molecule has 1 aromatic heterocycles. The van der Waals surface area contributed by atoms with E-state index in [0.29, 0.717) is 5.88 Å². The maximum absolute atomic E-state index is 5.76. The van der Waals surface area contributed by atoms with Gasteiger partial charge in [0.2, 0.25) is 5.88 Å². The number of pyridine rings is 1. The number of halogens is 1. The second-order valence-electron chi connectivity index (χ2n) is 3.88. The molecule has 0 aliphatic rings. The third-order valence-electron chi connectivity index (χ3n) is 2.60. The van der Waals surface area contributed by atoms with E-state index in [9.17, 15) is 0 Å². The van der Waals surface area contributed by atoms with E-state index in [4.69, 9.17) is 4.74 Å². The van der Waals surface area contributed by atoms with Gasteiger partial charge in [-0.3, -0.25) is 0 Å². The Kier molecular flexibility index (Phi) is 2.99. The van der Waals surface area contributed by atoms with Gasteiger partial charge in [0.1, 0.15) is 5.75 Å². The van der Waals surface area contributed by atoms with Crippen molar-refractivity contribution < 1.29 is 4.74 Å². The van der Waals surface area contributed by atoms with E-state index >= 15 is 0 Å². The van der Waals surface area contributed by atoms with Crippen LogP contribution in [-0.4, -0.2) is 4.98 Å². The predicted molar refractivity (Wildman–Crippen MR) is 76.0 cm³/mol. The molecule has 0 N–H and O–H groups in total. The third kappa shape index (κ3) is 2.22. The monoisotopic (exact) mass is 299 g/mol. The minimum Gasteiger partial charge on any atom is -0.438 e. The van der Waals surface area contributed by atoms with Crippen molar-refractivity contribution in [3.8, 4) is 11.6 Å². The summed E-state index contributed by atoms with van der Waals surface area (Å²) in [5.74, 6) is 1.36. The first-order valence-corrected chi connectivity index (χ1v) is 6.40. The number of ether oxygens (including phenoxy) is 1. The van der Waals surface area contributed by atoms with Crippen LogP contribution in [-0.2, 0) is 0 Å². The zero-order valence-corrected chi connectivity index (χ0v) is 11.1. The molecular formula is C15H10BrNO. The van der Waals surface area contributed by atoms with Crippen LogP contribution in [0.2, 0.25) is 0 Å². The zero-order chi connectivity index (χ0) is 12.4. The van der Waals surface area contributed by atoms with Gasteiger partial charge in [-0.05, 0) is 40.2 Å². The normalized spacial score (nSPS) is 10.5. The van der Waals surface area contributed by atoms with E-state index in [-0.39, 0.29) is 0 Å². The summed E-state index contributed by atoms with van der Waals surface area (Å²) in [7, 11) is 0. The summed E-state index contributed by atoms with van der Waals surface area (Å²) >= 11 is 3.49. The quantitative estimate of drug-likeness (QED) is 0.679. The Morgan fingerprint density at radius 3 is 2.44 bits per heavy atom. The zero-order valence-electron chi connectivity index (χ0n) is 9.51. The number of hydrogen-bond acceptors (Lipinski definition) is 2. The van der Waals surface area contributed by atoms with Crippen LogP contribution in [0.3, 0.4) is 0 Å². The van der Waals surface area contributed by atoms with Crippen molar-refractivity contribution in [2.24, 2.45) is 0 Å². The fraction of sp³-hybridized carbons (Fsp3) is 0. The SMILES string of the molecule is Brc1cc2ccccc2nc1Oc1ccccc1. The first-order valence-electron chi connectivity index (χ1n) is 5.61. The second-order valence-corrected chi connectivity index (χ2v) is 4.74. The molecule has 1 heterocycles. The highest BCUT2D eigenvalue weighted by Crippen LogP contribution is 2.30. The van der Waals surface area contributed by atoms with Gasteiger partial charge in [0.05, 0.1) is 9.99 Å². The van der Waals surface area contributed by atoms with Crippen LogP contribution >= 0.6 is 15.9 Å². The minimum absolute atomic E-state index is 0.583. The number of para-hydroxylation sites is 2. The molecule has 2 aromatic carbocycles. The first kappa shape index (κ1) is 11.2. The van der Waals surface area contributed by atoms with Crippen molar-refractivity contribution in [3.05, 3.63) is 65.1 Å². The third-order valence-corrected chi connectivity index (χ3v) is 3.17. The highest BCUT2D eigenvalue weighted by molar-refractivity contribution is 9.10. The molecule has 0 aliphatic heterocycles. The van der Waals surface area contributed by atoms with E-state index in [1.54, 1.807) is 0 Å². The molecule has 0 unspecified atom stereocenters. The lowest BCUT2D eigenvalue weighted by Crippen LogP contribution is -1.90. The molecular weight excluding hydrogens is 290 g/mol. The Hall–Kier alpha value is -1.87. The number of hydrogen-bond donors (Lipinski definition) is 0. The molecule has 0 amide bonds. The van der Waals surface area contributed by atoms with Gasteiger partial charge in [0.15, 0.2) is 0 Å². The van der Waals surface area contributed by atoms with Gasteiger partial charge < -0.3 is 4.74 Å². The summed E-state index contributed by atoms with van der Waals surface area (Å²) in [5, 5.41) is 1.09. The fourth-order valence-corrected chi connectivity index (χ4v) is 2.16. The number of rotatable bonds is 2. The summed E-state index contributed by atoms with van der Waals surface area (Å²) in [6.45, 7) is 0. The molecule has 0 aliphatic carbocycles. The maximum atomic E-state index is 5.76. The number of nitrogens with zero attached hydrogens (tertiary/aromatic N) is 1. The largest absolute Gasteiger partial charge is 0.438 e. The molecule has 0 spiro atoms. The van der Waals surface area contributed by atoms with Crippen molar-refractivity contribution in [2.75, 3.05) is 0 Å². The van der Waals surface area contributed by atoms with Gasteiger partial charge >= 0.3 is 0 Å². The smallest absolute Gasteiger partial charge is 0.234 e. The Bertz CT molecular complexity index is 682. The number of aromatic nitrogens is 1. The van der Waals surface area contributed by atoms with E-state index < -0.39 is 0 Å². The lowest BCUT2D eigenvalue weighted by Gasteiger charge is -2.07. The van der Waals surface area contributed by atoms with Gasteiger partial charge in [-0.1, -0.05) is 36.4 Å². The molecule has 0 fully saturated rings. The highest BCUT2D eigenvalue weighted by Gasteiger charge is 2.06. The average Bonchev–Trinajstić information content (AvgIpc) is 2.41. The van der Waals surface area contributed by atoms with Crippen molar-refractivity contribution in [2.45, 2.75) is 0 Å². The van der Waals surface area contributed by atoms with Crippen molar-refractivity contribution >= 4 is 26.8 Å². The minimum atomic E-state index is 0.583. The van der Waals surface area contributed by atoms with Crippen molar-refractivity contribution in [1.82, 2.24) is 4.98 Å². The fourth-order valence-electron chi connectivity index (χ4n) is 1.74. The highest BCUT2D eigenvalue weighted by atomic mass is 79.9. The molecule has 0 saturated carbocycles. The molecule has 18 heavy (non-hydrogen) atoms. The van der Waals surface area contributed by atoms with Gasteiger partial charge in [-0.2, -0.15) is 0 Å². The van der Waals surface area contributed by atoms with Crippen molar-refractivity contribution in [3.63, 3.8) is 0 Å². The van der Waals surface area contributed by atoms with E-state index in [0.717, 1.165) is 21.1 Å². The van der Waals surface area contributed by atoms with Gasteiger partial charge in [-0.25, -0.2) is 4.98 Å².